The fourth-order valence-electron chi connectivity index (χ4n) is 4.79. The van der Waals surface area contributed by atoms with Crippen LogP contribution in [0.2, 0.25) is 0 Å². The van der Waals surface area contributed by atoms with Crippen molar-refractivity contribution in [1.82, 2.24) is 24.4 Å². The van der Waals surface area contributed by atoms with Crippen molar-refractivity contribution < 1.29 is 13.9 Å². The molecule has 0 saturated carbocycles. The van der Waals surface area contributed by atoms with Gasteiger partial charge in [0.05, 0.1) is 30.1 Å². The van der Waals surface area contributed by atoms with Crippen molar-refractivity contribution in [2.24, 2.45) is 0 Å². The summed E-state index contributed by atoms with van der Waals surface area (Å²) in [4.78, 5) is 42.8. The largest absolute Gasteiger partial charge is 0.494 e. The Labute approximate surface area is 237 Å². The fraction of sp³-hybridized carbons (Fsp3) is 0.219. The third kappa shape index (κ3) is 5.99. The molecular weight excluding hydrogens is 521 g/mol. The highest BCUT2D eigenvalue weighted by molar-refractivity contribution is 5.79. The lowest BCUT2D eigenvalue weighted by Crippen LogP contribution is -2.38. The second kappa shape index (κ2) is 12.1. The van der Waals surface area contributed by atoms with E-state index in [9.17, 15) is 14.0 Å². The Morgan fingerprint density at radius 3 is 2.54 bits per heavy atom. The lowest BCUT2D eigenvalue weighted by molar-refractivity contribution is -0.133. The summed E-state index contributed by atoms with van der Waals surface area (Å²) in [5.41, 5.74) is 2.56. The first kappa shape index (κ1) is 27.6. The van der Waals surface area contributed by atoms with Crippen LogP contribution in [-0.4, -0.2) is 36.9 Å². The summed E-state index contributed by atoms with van der Waals surface area (Å²) in [6, 6.07) is 18.3. The molecular formula is C32H30FN5O3. The first-order chi connectivity index (χ1) is 19.9. The summed E-state index contributed by atoms with van der Waals surface area (Å²) in [6.07, 6.45) is 5.00. The lowest BCUT2D eigenvalue weighted by atomic mass is 10.1. The van der Waals surface area contributed by atoms with E-state index < -0.39 is 6.04 Å². The second-order valence-electron chi connectivity index (χ2n) is 9.73. The number of benzene rings is 2. The third-order valence-corrected chi connectivity index (χ3v) is 6.89. The van der Waals surface area contributed by atoms with Crippen LogP contribution >= 0.6 is 0 Å². The van der Waals surface area contributed by atoms with Crippen molar-refractivity contribution >= 4 is 16.9 Å². The Morgan fingerprint density at radius 2 is 1.83 bits per heavy atom. The van der Waals surface area contributed by atoms with E-state index in [1.54, 1.807) is 85.0 Å². The molecule has 5 aromatic rings. The summed E-state index contributed by atoms with van der Waals surface area (Å²) in [5.74, 6) is 0.505. The number of rotatable bonds is 9. The molecule has 0 radical (unpaired) electrons. The summed E-state index contributed by atoms with van der Waals surface area (Å²) in [6.45, 7) is 6.16. The molecule has 0 aliphatic carbocycles. The molecule has 0 N–H and O–H groups in total. The normalized spacial score (nSPS) is 11.8. The second-order valence-corrected chi connectivity index (χ2v) is 9.73. The first-order valence-electron chi connectivity index (χ1n) is 13.4. The summed E-state index contributed by atoms with van der Waals surface area (Å²) in [7, 11) is 0. The van der Waals surface area contributed by atoms with E-state index in [2.05, 4.69) is 9.97 Å². The molecule has 0 aliphatic rings. The number of carbonyl (C=O) groups excluding carboxylic acids is 1. The van der Waals surface area contributed by atoms with Crippen LogP contribution in [0, 0.1) is 12.7 Å². The number of ether oxygens (including phenoxy) is 1. The number of aryl methyl sites for hydroxylation is 1. The van der Waals surface area contributed by atoms with Gasteiger partial charge in [-0.25, -0.2) is 14.4 Å². The zero-order valence-corrected chi connectivity index (χ0v) is 23.1. The van der Waals surface area contributed by atoms with Crippen LogP contribution in [0.1, 0.15) is 42.4 Å². The van der Waals surface area contributed by atoms with Gasteiger partial charge in [0, 0.05) is 25.1 Å². The van der Waals surface area contributed by atoms with E-state index in [-0.39, 0.29) is 30.2 Å². The Morgan fingerprint density at radius 1 is 1.05 bits per heavy atom. The Balaban J connectivity index is 1.62. The molecule has 2 aromatic carbocycles. The van der Waals surface area contributed by atoms with Gasteiger partial charge in [0.25, 0.3) is 5.56 Å². The Kier molecular flexibility index (Phi) is 8.14. The van der Waals surface area contributed by atoms with Crippen molar-refractivity contribution in [1.29, 1.82) is 0 Å². The van der Waals surface area contributed by atoms with E-state index in [4.69, 9.17) is 9.72 Å². The molecule has 5 rings (SSSR count). The minimum Gasteiger partial charge on any atom is -0.494 e. The van der Waals surface area contributed by atoms with Crippen molar-refractivity contribution in [2.45, 2.75) is 39.8 Å². The van der Waals surface area contributed by atoms with Crippen LogP contribution < -0.4 is 10.3 Å². The quantitative estimate of drug-likeness (QED) is 0.245. The number of fused-ring (bicyclic) bond motifs is 1. The van der Waals surface area contributed by atoms with Crippen LogP contribution in [0.5, 0.6) is 5.75 Å². The molecule has 208 valence electrons. The number of hydrogen-bond acceptors (Lipinski definition) is 6. The summed E-state index contributed by atoms with van der Waals surface area (Å²) in [5, 5.41) is 0.365. The predicted molar refractivity (Wildman–Crippen MR) is 154 cm³/mol. The van der Waals surface area contributed by atoms with E-state index in [1.165, 1.54) is 10.6 Å². The van der Waals surface area contributed by atoms with E-state index >= 15 is 0 Å². The van der Waals surface area contributed by atoms with Crippen molar-refractivity contribution in [3.63, 3.8) is 0 Å². The van der Waals surface area contributed by atoms with Crippen molar-refractivity contribution in [3.05, 3.63) is 124 Å². The molecule has 0 saturated heterocycles. The monoisotopic (exact) mass is 551 g/mol. The maximum absolute atomic E-state index is 13.9. The molecule has 0 bridgehead atoms. The number of carbonyl (C=O) groups is 1. The predicted octanol–water partition coefficient (Wildman–Crippen LogP) is 5.35. The minimum absolute atomic E-state index is 0.0465. The molecule has 3 heterocycles. The van der Waals surface area contributed by atoms with Gasteiger partial charge in [-0.1, -0.05) is 18.2 Å². The Bertz CT molecular complexity index is 1740. The number of amides is 1. The fourth-order valence-corrected chi connectivity index (χ4v) is 4.79. The maximum Gasteiger partial charge on any atom is 0.267 e. The van der Waals surface area contributed by atoms with E-state index in [0.29, 0.717) is 46.0 Å². The van der Waals surface area contributed by atoms with Gasteiger partial charge in [-0.15, -0.1) is 0 Å². The van der Waals surface area contributed by atoms with Crippen LogP contribution in [0.15, 0.2) is 90.1 Å². The van der Waals surface area contributed by atoms with Gasteiger partial charge in [-0.2, -0.15) is 0 Å². The average Bonchev–Trinajstić information content (AvgIpc) is 2.98. The zero-order valence-electron chi connectivity index (χ0n) is 23.1. The number of halogens is 1. The number of hydrogen-bond donors (Lipinski definition) is 0. The molecule has 0 spiro atoms. The lowest BCUT2D eigenvalue weighted by Gasteiger charge is -2.31. The van der Waals surface area contributed by atoms with E-state index in [1.807, 2.05) is 19.9 Å². The topological polar surface area (TPSA) is 90.2 Å². The number of aromatic nitrogens is 4. The zero-order chi connectivity index (χ0) is 28.9. The van der Waals surface area contributed by atoms with Crippen LogP contribution in [0.3, 0.4) is 0 Å². The molecule has 41 heavy (non-hydrogen) atoms. The summed E-state index contributed by atoms with van der Waals surface area (Å²) >= 11 is 0. The van der Waals surface area contributed by atoms with Crippen LogP contribution in [0.4, 0.5) is 4.39 Å². The van der Waals surface area contributed by atoms with Gasteiger partial charge in [-0.3, -0.25) is 19.1 Å². The standard InChI is InChI=1S/C32H30FN5O3/c1-4-41-26-12-10-25(11-13-26)38-31(36-30-27(32(38)40)8-6-16-35-30)22(3)37(20-24-7-5-15-34-19-24)29(39)18-23-9-14-28(33)21(2)17-23/h5-17,19,22H,4,18,20H2,1-3H3/t22-/m1/s1. The van der Waals surface area contributed by atoms with Gasteiger partial charge >= 0.3 is 0 Å². The SMILES string of the molecule is CCOc1ccc(-n2c([C@@H](C)N(Cc3cccnc3)C(=O)Cc3ccc(F)c(C)c3)nc3ncccc3c2=O)cc1. The number of pyridine rings is 2. The van der Waals surface area contributed by atoms with Gasteiger partial charge in [0.1, 0.15) is 17.4 Å². The highest BCUT2D eigenvalue weighted by Gasteiger charge is 2.28. The van der Waals surface area contributed by atoms with Gasteiger partial charge < -0.3 is 9.64 Å². The van der Waals surface area contributed by atoms with Crippen molar-refractivity contribution in [3.8, 4) is 11.4 Å². The first-order valence-corrected chi connectivity index (χ1v) is 13.4. The third-order valence-electron chi connectivity index (χ3n) is 6.89. The molecule has 1 atom stereocenters. The average molecular weight is 552 g/mol. The van der Waals surface area contributed by atoms with Gasteiger partial charge in [0.15, 0.2) is 5.65 Å². The molecule has 9 heteroatoms. The molecule has 0 fully saturated rings. The highest BCUT2D eigenvalue weighted by atomic mass is 19.1. The molecule has 3 aromatic heterocycles. The molecule has 0 aliphatic heterocycles. The maximum atomic E-state index is 13.9. The van der Waals surface area contributed by atoms with Gasteiger partial charge in [-0.05, 0) is 86.0 Å². The Hall–Kier alpha value is -4.92. The van der Waals surface area contributed by atoms with E-state index in [0.717, 1.165) is 5.56 Å². The molecule has 8 nitrogen and oxygen atoms in total. The number of nitrogens with zero attached hydrogens (tertiary/aromatic N) is 5. The smallest absolute Gasteiger partial charge is 0.267 e. The van der Waals surface area contributed by atoms with Crippen LogP contribution in [-0.2, 0) is 17.8 Å². The minimum atomic E-state index is -0.644. The van der Waals surface area contributed by atoms with Crippen molar-refractivity contribution in [2.75, 3.05) is 6.61 Å². The highest BCUT2D eigenvalue weighted by Crippen LogP contribution is 2.26. The molecule has 0 unspecified atom stereocenters. The molecule has 1 amide bonds. The van der Waals surface area contributed by atoms with Crippen LogP contribution in [0.25, 0.3) is 16.7 Å². The summed E-state index contributed by atoms with van der Waals surface area (Å²) < 4.78 is 21.0. The van der Waals surface area contributed by atoms with Gasteiger partial charge in [0.2, 0.25) is 5.91 Å².